The minimum atomic E-state index is -0.938. The molecule has 36 heavy (non-hydrogen) atoms. The fourth-order valence-corrected chi connectivity index (χ4v) is 4.79. The Labute approximate surface area is 216 Å². The zero-order valence-electron chi connectivity index (χ0n) is 20.7. The minimum absolute atomic E-state index is 0.179. The van der Waals surface area contributed by atoms with E-state index in [0.29, 0.717) is 24.4 Å². The van der Waals surface area contributed by atoms with E-state index >= 15 is 0 Å². The molecule has 2 aliphatic heterocycles. The molecule has 0 aliphatic carbocycles. The SMILES string of the molecule is CC(C)(C)OC(=O)NC(Cc1ccc(Cl)cc1)C(=O)N1CCC2=NNC(=O)C2(Cc2ccccc2)C1. The number of fused-ring (bicyclic) bond motifs is 1. The van der Waals surface area contributed by atoms with Crippen molar-refractivity contribution in [1.29, 1.82) is 0 Å². The lowest BCUT2D eigenvalue weighted by Gasteiger charge is -2.40. The molecule has 4 rings (SSSR count). The minimum Gasteiger partial charge on any atom is -0.444 e. The molecule has 2 aromatic carbocycles. The van der Waals surface area contributed by atoms with Gasteiger partial charge in [-0.05, 0) is 50.5 Å². The fraction of sp³-hybridized carbons (Fsp3) is 0.407. The molecule has 0 aromatic heterocycles. The van der Waals surface area contributed by atoms with E-state index in [4.69, 9.17) is 16.3 Å². The van der Waals surface area contributed by atoms with Crippen LogP contribution in [0.25, 0.3) is 0 Å². The monoisotopic (exact) mass is 510 g/mol. The van der Waals surface area contributed by atoms with E-state index in [1.54, 1.807) is 37.8 Å². The molecular formula is C27H31ClN4O4. The van der Waals surface area contributed by atoms with E-state index in [1.807, 2.05) is 42.5 Å². The third-order valence-electron chi connectivity index (χ3n) is 6.36. The first-order chi connectivity index (χ1) is 17.1. The van der Waals surface area contributed by atoms with Crippen LogP contribution in [0.5, 0.6) is 0 Å². The van der Waals surface area contributed by atoms with Gasteiger partial charge in [-0.15, -0.1) is 0 Å². The van der Waals surface area contributed by atoms with E-state index in [9.17, 15) is 14.4 Å². The number of rotatable bonds is 6. The Hall–Kier alpha value is -3.39. The number of halogens is 1. The molecule has 3 amide bonds. The molecule has 1 fully saturated rings. The highest BCUT2D eigenvalue weighted by molar-refractivity contribution is 6.30. The average Bonchev–Trinajstić information content (AvgIpc) is 3.14. The Kier molecular flexibility index (Phi) is 7.36. The zero-order chi connectivity index (χ0) is 25.9. The molecule has 1 saturated heterocycles. The van der Waals surface area contributed by atoms with Crippen LogP contribution >= 0.6 is 11.6 Å². The number of ether oxygens (including phenoxy) is 1. The summed E-state index contributed by atoms with van der Waals surface area (Å²) in [7, 11) is 0. The van der Waals surface area contributed by atoms with Gasteiger partial charge in [0.1, 0.15) is 17.1 Å². The molecule has 190 valence electrons. The molecule has 2 unspecified atom stereocenters. The van der Waals surface area contributed by atoms with Gasteiger partial charge in [-0.3, -0.25) is 9.59 Å². The van der Waals surface area contributed by atoms with Crippen LogP contribution in [0.1, 0.15) is 38.3 Å². The molecule has 8 nitrogen and oxygen atoms in total. The summed E-state index contributed by atoms with van der Waals surface area (Å²) in [5.41, 5.74) is 3.56. The summed E-state index contributed by atoms with van der Waals surface area (Å²) in [6.07, 6.45) is 0.484. The first kappa shape index (κ1) is 25.7. The van der Waals surface area contributed by atoms with Crippen LogP contribution in [0.3, 0.4) is 0 Å². The quantitative estimate of drug-likeness (QED) is 0.618. The summed E-state index contributed by atoms with van der Waals surface area (Å²) in [6, 6.07) is 16.0. The number of alkyl carbamates (subject to hydrolysis) is 1. The molecule has 0 radical (unpaired) electrons. The molecule has 2 aliphatic rings. The highest BCUT2D eigenvalue weighted by atomic mass is 35.5. The summed E-state index contributed by atoms with van der Waals surface area (Å²) in [4.78, 5) is 41.2. The second kappa shape index (κ2) is 10.3. The fourth-order valence-electron chi connectivity index (χ4n) is 4.66. The van der Waals surface area contributed by atoms with Crippen molar-refractivity contribution in [2.75, 3.05) is 13.1 Å². The molecular weight excluding hydrogens is 480 g/mol. The van der Waals surface area contributed by atoms with Crippen molar-refractivity contribution >= 4 is 35.2 Å². The number of carbonyl (C=O) groups excluding carboxylic acids is 3. The number of hydrogen-bond donors (Lipinski definition) is 2. The van der Waals surface area contributed by atoms with Gasteiger partial charge in [0, 0.05) is 31.0 Å². The molecule has 2 N–H and O–H groups in total. The molecule has 2 heterocycles. The predicted octanol–water partition coefficient (Wildman–Crippen LogP) is 3.72. The van der Waals surface area contributed by atoms with Crippen molar-refractivity contribution in [1.82, 2.24) is 15.6 Å². The van der Waals surface area contributed by atoms with Gasteiger partial charge in [0.25, 0.3) is 5.91 Å². The van der Waals surface area contributed by atoms with E-state index in [0.717, 1.165) is 16.8 Å². The van der Waals surface area contributed by atoms with Crippen LogP contribution in [-0.4, -0.2) is 53.3 Å². The van der Waals surface area contributed by atoms with Crippen LogP contribution in [0, 0.1) is 5.41 Å². The van der Waals surface area contributed by atoms with Gasteiger partial charge in [-0.1, -0.05) is 54.1 Å². The molecule has 2 aromatic rings. The molecule has 0 bridgehead atoms. The van der Waals surface area contributed by atoms with Crippen LogP contribution in [-0.2, 0) is 27.2 Å². The van der Waals surface area contributed by atoms with Crippen LogP contribution < -0.4 is 10.7 Å². The summed E-state index contributed by atoms with van der Waals surface area (Å²) >= 11 is 6.02. The average molecular weight is 511 g/mol. The third kappa shape index (κ3) is 5.87. The molecule has 9 heteroatoms. The third-order valence-corrected chi connectivity index (χ3v) is 6.61. The van der Waals surface area contributed by atoms with Crippen molar-refractivity contribution in [2.24, 2.45) is 10.5 Å². The van der Waals surface area contributed by atoms with Crippen LogP contribution in [0.15, 0.2) is 59.7 Å². The standard InChI is InChI=1S/C27H31ClN4O4/c1-26(2,3)36-25(35)29-21(15-18-9-11-20(28)12-10-18)23(33)32-14-13-22-27(17-32,24(34)31-30-22)16-19-7-5-4-6-8-19/h4-12,21H,13-17H2,1-3H3,(H,29,35)(H,31,34). The maximum Gasteiger partial charge on any atom is 0.408 e. The summed E-state index contributed by atoms with van der Waals surface area (Å²) in [5.74, 6) is -0.491. The molecule has 0 saturated carbocycles. The van der Waals surface area contributed by atoms with Gasteiger partial charge in [0.15, 0.2) is 0 Å². The van der Waals surface area contributed by atoms with Gasteiger partial charge in [-0.2, -0.15) is 5.10 Å². The summed E-state index contributed by atoms with van der Waals surface area (Å²) < 4.78 is 5.42. The Bertz CT molecular complexity index is 1160. The molecule has 0 spiro atoms. The van der Waals surface area contributed by atoms with Crippen molar-refractivity contribution in [2.45, 2.75) is 51.7 Å². The Balaban J connectivity index is 1.58. The lowest BCUT2D eigenvalue weighted by molar-refractivity contribution is -0.137. The highest BCUT2D eigenvalue weighted by Crippen LogP contribution is 2.35. The van der Waals surface area contributed by atoms with E-state index < -0.39 is 23.2 Å². The topological polar surface area (TPSA) is 100 Å². The number of benzene rings is 2. The van der Waals surface area contributed by atoms with Gasteiger partial charge in [0.05, 0.1) is 5.71 Å². The highest BCUT2D eigenvalue weighted by Gasteiger charge is 2.52. The number of nitrogens with one attached hydrogen (secondary N) is 2. The second-order valence-electron chi connectivity index (χ2n) is 10.3. The largest absolute Gasteiger partial charge is 0.444 e. The number of amides is 3. The van der Waals surface area contributed by atoms with Gasteiger partial charge < -0.3 is 15.0 Å². The first-order valence-electron chi connectivity index (χ1n) is 12.0. The zero-order valence-corrected chi connectivity index (χ0v) is 21.5. The Morgan fingerprint density at radius 1 is 1.14 bits per heavy atom. The van der Waals surface area contributed by atoms with Crippen LogP contribution in [0.2, 0.25) is 5.02 Å². The summed E-state index contributed by atoms with van der Waals surface area (Å²) in [5, 5.41) is 7.62. The van der Waals surface area contributed by atoms with Crippen molar-refractivity contribution in [3.63, 3.8) is 0 Å². The normalized spacial score (nSPS) is 20.2. The van der Waals surface area contributed by atoms with Gasteiger partial charge in [-0.25, -0.2) is 10.2 Å². The Morgan fingerprint density at radius 2 is 1.83 bits per heavy atom. The van der Waals surface area contributed by atoms with Gasteiger partial charge >= 0.3 is 6.09 Å². The maximum absolute atomic E-state index is 13.8. The van der Waals surface area contributed by atoms with Crippen molar-refractivity contribution < 1.29 is 19.1 Å². The lowest BCUT2D eigenvalue weighted by atomic mass is 9.73. The lowest BCUT2D eigenvalue weighted by Crippen LogP contribution is -2.59. The van der Waals surface area contributed by atoms with Crippen LogP contribution in [0.4, 0.5) is 4.79 Å². The number of likely N-dealkylation sites (tertiary alicyclic amines) is 1. The number of piperidine rings is 1. The maximum atomic E-state index is 13.8. The number of hydrazone groups is 1. The number of nitrogens with zero attached hydrogens (tertiary/aromatic N) is 2. The van der Waals surface area contributed by atoms with Gasteiger partial charge in [0.2, 0.25) is 5.91 Å². The van der Waals surface area contributed by atoms with Crippen molar-refractivity contribution in [3.8, 4) is 0 Å². The number of hydrogen-bond acceptors (Lipinski definition) is 5. The molecule has 2 atom stereocenters. The Morgan fingerprint density at radius 3 is 2.50 bits per heavy atom. The van der Waals surface area contributed by atoms with Crippen molar-refractivity contribution in [3.05, 3.63) is 70.7 Å². The van der Waals surface area contributed by atoms with E-state index in [-0.39, 0.29) is 24.8 Å². The summed E-state index contributed by atoms with van der Waals surface area (Å²) in [6.45, 7) is 5.87. The van der Waals surface area contributed by atoms with E-state index in [2.05, 4.69) is 15.8 Å². The smallest absolute Gasteiger partial charge is 0.408 e. The second-order valence-corrected chi connectivity index (χ2v) is 10.7. The number of carbonyl (C=O) groups is 3. The predicted molar refractivity (Wildman–Crippen MR) is 138 cm³/mol. The first-order valence-corrected chi connectivity index (χ1v) is 12.4. The van der Waals surface area contributed by atoms with E-state index in [1.165, 1.54) is 0 Å².